The second-order valence-electron chi connectivity index (χ2n) is 3.40. The number of benzene rings is 1. The number of phenols is 1. The van der Waals surface area contributed by atoms with Gasteiger partial charge in [0.2, 0.25) is 0 Å². The van der Waals surface area contributed by atoms with Gasteiger partial charge >= 0.3 is 0 Å². The summed E-state index contributed by atoms with van der Waals surface area (Å²) in [6, 6.07) is 5.08. The summed E-state index contributed by atoms with van der Waals surface area (Å²) < 4.78 is 0.930. The van der Waals surface area contributed by atoms with Gasteiger partial charge in [-0.25, -0.2) is 9.98 Å². The zero-order chi connectivity index (χ0) is 11.1. The Morgan fingerprint density at radius 2 is 2.25 bits per heavy atom. The lowest BCUT2D eigenvalue weighted by Crippen LogP contribution is -1.98. The van der Waals surface area contributed by atoms with E-state index in [1.165, 1.54) is 23.1 Å². The van der Waals surface area contributed by atoms with Crippen molar-refractivity contribution in [2.24, 2.45) is 4.99 Å². The molecule has 0 saturated heterocycles. The van der Waals surface area contributed by atoms with Crippen molar-refractivity contribution in [3.8, 4) is 5.75 Å². The fraction of sp³-hybridized carbons (Fsp3) is 0.200. The second-order valence-corrected chi connectivity index (χ2v) is 5.44. The molecule has 1 atom stereocenters. The van der Waals surface area contributed by atoms with Crippen LogP contribution in [0, 0.1) is 0 Å². The Hall–Kier alpha value is -1.11. The average molecular weight is 252 g/mol. The van der Waals surface area contributed by atoms with E-state index in [1.54, 1.807) is 18.2 Å². The summed E-state index contributed by atoms with van der Waals surface area (Å²) in [5.41, 5.74) is 0.850. The van der Waals surface area contributed by atoms with Crippen LogP contribution in [0.4, 0.5) is 0 Å². The van der Waals surface area contributed by atoms with Crippen LogP contribution in [-0.2, 0) is 0 Å². The molecule has 2 heterocycles. The Morgan fingerprint density at radius 1 is 1.38 bits per heavy atom. The lowest BCUT2D eigenvalue weighted by molar-refractivity contribution is 0.213. The van der Waals surface area contributed by atoms with E-state index in [1.807, 2.05) is 0 Å². The SMILES string of the molecule is Oc1ccc2nc(C3=N[C@@H](O)CS3)sc2c1. The van der Waals surface area contributed by atoms with Crippen LogP contribution in [0.3, 0.4) is 0 Å². The Morgan fingerprint density at radius 3 is 3.00 bits per heavy atom. The van der Waals surface area contributed by atoms with E-state index < -0.39 is 6.23 Å². The molecule has 0 amide bonds. The molecule has 0 unspecified atom stereocenters. The van der Waals surface area contributed by atoms with Crippen LogP contribution in [0.5, 0.6) is 5.75 Å². The van der Waals surface area contributed by atoms with Gasteiger partial charge in [0.15, 0.2) is 6.23 Å². The minimum Gasteiger partial charge on any atom is -0.508 e. The maximum absolute atomic E-state index is 9.35. The quantitative estimate of drug-likeness (QED) is 0.812. The van der Waals surface area contributed by atoms with E-state index in [0.29, 0.717) is 5.75 Å². The molecule has 4 nitrogen and oxygen atoms in total. The lowest BCUT2D eigenvalue weighted by Gasteiger charge is -1.88. The monoisotopic (exact) mass is 252 g/mol. The highest BCUT2D eigenvalue weighted by molar-refractivity contribution is 8.15. The highest BCUT2D eigenvalue weighted by atomic mass is 32.2. The molecule has 2 aromatic rings. The van der Waals surface area contributed by atoms with Gasteiger partial charge in [0.1, 0.15) is 15.8 Å². The summed E-state index contributed by atoms with van der Waals surface area (Å²) in [7, 11) is 0. The van der Waals surface area contributed by atoms with Gasteiger partial charge in [-0.05, 0) is 18.2 Å². The first-order valence-corrected chi connectivity index (χ1v) is 6.51. The Bertz CT molecular complexity index is 579. The lowest BCUT2D eigenvalue weighted by atomic mass is 10.3. The number of nitrogens with zero attached hydrogens (tertiary/aromatic N) is 2. The number of phenolic OH excluding ortho intramolecular Hbond substituents is 1. The number of aliphatic imine (C=N–C) groups is 1. The molecule has 3 rings (SSSR count). The van der Waals surface area contributed by atoms with Gasteiger partial charge in [-0.15, -0.1) is 11.3 Å². The maximum Gasteiger partial charge on any atom is 0.155 e. The molecule has 1 aromatic carbocycles. The summed E-state index contributed by atoms with van der Waals surface area (Å²) in [6.45, 7) is 0. The number of aliphatic hydroxyl groups excluding tert-OH is 1. The van der Waals surface area contributed by atoms with Crippen molar-refractivity contribution in [3.63, 3.8) is 0 Å². The minimum absolute atomic E-state index is 0.240. The van der Waals surface area contributed by atoms with Crippen molar-refractivity contribution in [3.05, 3.63) is 23.2 Å². The standard InChI is InChI=1S/C10H8N2O2S2/c13-5-1-2-6-7(3-5)16-10(11-6)9-12-8(14)4-15-9/h1-3,8,13-14H,4H2/t8-/m0/s1. The molecule has 1 aliphatic heterocycles. The van der Waals surface area contributed by atoms with Crippen LogP contribution in [-0.4, -0.2) is 32.2 Å². The smallest absolute Gasteiger partial charge is 0.155 e. The van der Waals surface area contributed by atoms with E-state index in [2.05, 4.69) is 9.98 Å². The predicted molar refractivity (Wildman–Crippen MR) is 66.3 cm³/mol. The van der Waals surface area contributed by atoms with Crippen molar-refractivity contribution in [1.82, 2.24) is 4.98 Å². The van der Waals surface area contributed by atoms with Gasteiger partial charge < -0.3 is 10.2 Å². The Balaban J connectivity index is 2.09. The van der Waals surface area contributed by atoms with E-state index >= 15 is 0 Å². The average Bonchev–Trinajstić information content (AvgIpc) is 2.83. The van der Waals surface area contributed by atoms with Crippen molar-refractivity contribution in [2.45, 2.75) is 6.23 Å². The van der Waals surface area contributed by atoms with Crippen LogP contribution >= 0.6 is 23.1 Å². The Kier molecular flexibility index (Phi) is 2.34. The molecule has 1 aromatic heterocycles. The van der Waals surface area contributed by atoms with Crippen molar-refractivity contribution in [2.75, 3.05) is 5.75 Å². The summed E-state index contributed by atoms with van der Waals surface area (Å²) in [5.74, 6) is 0.833. The molecule has 0 fully saturated rings. The van der Waals surface area contributed by atoms with Crippen LogP contribution < -0.4 is 0 Å². The van der Waals surface area contributed by atoms with Gasteiger partial charge in [-0.2, -0.15) is 0 Å². The first-order valence-electron chi connectivity index (χ1n) is 4.71. The van der Waals surface area contributed by atoms with Gasteiger partial charge in [-0.1, -0.05) is 11.8 Å². The highest BCUT2D eigenvalue weighted by Gasteiger charge is 2.19. The van der Waals surface area contributed by atoms with E-state index in [0.717, 1.165) is 20.3 Å². The summed E-state index contributed by atoms with van der Waals surface area (Å²) >= 11 is 2.99. The highest BCUT2D eigenvalue weighted by Crippen LogP contribution is 2.30. The van der Waals surface area contributed by atoms with Crippen molar-refractivity contribution < 1.29 is 10.2 Å². The number of thiazole rings is 1. The number of aromatic nitrogens is 1. The molecular weight excluding hydrogens is 244 g/mol. The maximum atomic E-state index is 9.35. The third-order valence-electron chi connectivity index (χ3n) is 2.19. The molecule has 1 aliphatic rings. The minimum atomic E-state index is -0.611. The third-order valence-corrected chi connectivity index (χ3v) is 4.38. The number of rotatable bonds is 1. The molecule has 0 saturated carbocycles. The van der Waals surface area contributed by atoms with Gasteiger partial charge in [-0.3, -0.25) is 0 Å². The van der Waals surface area contributed by atoms with E-state index in [9.17, 15) is 10.2 Å². The predicted octanol–water partition coefficient (Wildman–Crippen LogP) is 1.81. The van der Waals surface area contributed by atoms with Crippen molar-refractivity contribution in [1.29, 1.82) is 0 Å². The summed E-state index contributed by atoms with van der Waals surface area (Å²) in [4.78, 5) is 8.51. The number of hydrogen-bond donors (Lipinski definition) is 2. The normalized spacial score (nSPS) is 20.3. The molecule has 16 heavy (non-hydrogen) atoms. The van der Waals surface area contributed by atoms with Crippen LogP contribution in [0.2, 0.25) is 0 Å². The third kappa shape index (κ3) is 1.68. The molecule has 82 valence electrons. The molecule has 2 N–H and O–H groups in total. The fourth-order valence-electron chi connectivity index (χ4n) is 1.49. The Labute approximate surface area is 99.7 Å². The largest absolute Gasteiger partial charge is 0.508 e. The number of aliphatic hydroxyl groups is 1. The summed E-state index contributed by atoms with van der Waals surface area (Å²) in [5, 5.41) is 20.3. The first kappa shape index (κ1) is 10.1. The number of fused-ring (bicyclic) bond motifs is 1. The van der Waals surface area contributed by atoms with Crippen LogP contribution in [0.15, 0.2) is 23.2 Å². The second kappa shape index (κ2) is 3.73. The van der Waals surface area contributed by atoms with Gasteiger partial charge in [0.05, 0.1) is 10.2 Å². The zero-order valence-corrected chi connectivity index (χ0v) is 9.75. The molecular formula is C10H8N2O2S2. The van der Waals surface area contributed by atoms with Crippen LogP contribution in [0.1, 0.15) is 5.01 Å². The molecule has 0 spiro atoms. The zero-order valence-electron chi connectivity index (χ0n) is 8.12. The first-order chi connectivity index (χ1) is 7.72. The molecule has 6 heteroatoms. The van der Waals surface area contributed by atoms with Crippen LogP contribution in [0.25, 0.3) is 10.2 Å². The molecule has 0 bridgehead atoms. The molecule has 0 radical (unpaired) electrons. The van der Waals surface area contributed by atoms with Gasteiger partial charge in [0.25, 0.3) is 0 Å². The summed E-state index contributed by atoms with van der Waals surface area (Å²) in [6.07, 6.45) is -0.611. The van der Waals surface area contributed by atoms with E-state index in [-0.39, 0.29) is 5.75 Å². The number of hydrogen-bond acceptors (Lipinski definition) is 6. The van der Waals surface area contributed by atoms with E-state index in [4.69, 9.17) is 0 Å². The van der Waals surface area contributed by atoms with Gasteiger partial charge in [0, 0.05) is 5.75 Å². The topological polar surface area (TPSA) is 65.7 Å². The number of aromatic hydroxyl groups is 1. The fourth-order valence-corrected chi connectivity index (χ4v) is 3.42. The number of thioether (sulfide) groups is 1. The molecule has 0 aliphatic carbocycles. The van der Waals surface area contributed by atoms with Crippen molar-refractivity contribution >= 4 is 38.4 Å².